The first-order valence-corrected chi connectivity index (χ1v) is 6.49. The number of aromatic amines is 1. The fraction of sp³-hybridized carbons (Fsp3) is 0.286. The maximum atomic E-state index is 12.5. The van der Waals surface area contributed by atoms with Crippen LogP contribution in [0.15, 0.2) is 41.5 Å². The molecule has 102 valence electrons. The topological polar surface area (TPSA) is 79.0 Å². The van der Waals surface area contributed by atoms with Crippen molar-refractivity contribution in [2.45, 2.75) is 25.4 Å². The Morgan fingerprint density at radius 3 is 2.60 bits per heavy atom. The zero-order chi connectivity index (χ0) is 13.9. The molecule has 0 spiro atoms. The van der Waals surface area contributed by atoms with Gasteiger partial charge >= 0.3 is 0 Å². The van der Waals surface area contributed by atoms with Gasteiger partial charge in [0.15, 0.2) is 0 Å². The van der Waals surface area contributed by atoms with Crippen LogP contribution in [0.3, 0.4) is 0 Å². The van der Waals surface area contributed by atoms with Gasteiger partial charge in [0, 0.05) is 31.0 Å². The second-order valence-corrected chi connectivity index (χ2v) is 4.83. The summed E-state index contributed by atoms with van der Waals surface area (Å²) in [6.07, 6.45) is 5.45. The summed E-state index contributed by atoms with van der Waals surface area (Å²) in [5.74, 6) is -0.152. The fourth-order valence-corrected chi connectivity index (χ4v) is 2.05. The number of carbonyl (C=O) groups is 1. The highest BCUT2D eigenvalue weighted by atomic mass is 16.2. The summed E-state index contributed by atoms with van der Waals surface area (Å²) < 4.78 is 0. The molecule has 3 rings (SSSR count). The third-order valence-corrected chi connectivity index (χ3v) is 3.25. The normalized spacial score (nSPS) is 14.0. The molecule has 0 aromatic carbocycles. The minimum Gasteiger partial charge on any atom is -0.330 e. The van der Waals surface area contributed by atoms with Gasteiger partial charge in [-0.3, -0.25) is 14.6 Å². The number of amides is 1. The quantitative estimate of drug-likeness (QED) is 0.897. The van der Waals surface area contributed by atoms with E-state index in [4.69, 9.17) is 0 Å². The molecule has 2 aromatic heterocycles. The van der Waals surface area contributed by atoms with Crippen LogP contribution in [-0.4, -0.2) is 32.0 Å². The molecule has 1 saturated carbocycles. The third-order valence-electron chi connectivity index (χ3n) is 3.25. The molecule has 1 fully saturated rings. The number of carbonyl (C=O) groups excluding carboxylic acids is 1. The van der Waals surface area contributed by atoms with Crippen LogP contribution in [0.5, 0.6) is 0 Å². The maximum absolute atomic E-state index is 12.5. The summed E-state index contributed by atoms with van der Waals surface area (Å²) in [5, 5.41) is 6.11. The van der Waals surface area contributed by atoms with E-state index in [1.165, 1.54) is 12.1 Å². The Morgan fingerprint density at radius 1 is 1.25 bits per heavy atom. The molecular weight excluding hydrogens is 256 g/mol. The number of rotatable bonds is 4. The third kappa shape index (κ3) is 2.74. The van der Waals surface area contributed by atoms with Gasteiger partial charge in [0.1, 0.15) is 5.69 Å². The van der Waals surface area contributed by atoms with Crippen molar-refractivity contribution in [3.63, 3.8) is 0 Å². The van der Waals surface area contributed by atoms with E-state index in [1.54, 1.807) is 17.3 Å². The van der Waals surface area contributed by atoms with Crippen LogP contribution >= 0.6 is 0 Å². The van der Waals surface area contributed by atoms with Crippen LogP contribution in [0.2, 0.25) is 0 Å². The predicted octanol–water partition coefficient (Wildman–Crippen LogP) is 0.970. The lowest BCUT2D eigenvalue weighted by Crippen LogP contribution is -2.33. The van der Waals surface area contributed by atoms with Crippen LogP contribution in [0.4, 0.5) is 0 Å². The lowest BCUT2D eigenvalue weighted by atomic mass is 10.2. The van der Waals surface area contributed by atoms with E-state index in [9.17, 15) is 9.59 Å². The molecule has 0 bridgehead atoms. The molecule has 0 radical (unpaired) electrons. The summed E-state index contributed by atoms with van der Waals surface area (Å²) in [6.45, 7) is 0.535. The molecule has 0 unspecified atom stereocenters. The number of pyridine rings is 1. The van der Waals surface area contributed by atoms with Crippen LogP contribution in [0.1, 0.15) is 28.9 Å². The summed E-state index contributed by atoms with van der Waals surface area (Å²) >= 11 is 0. The molecule has 0 aliphatic heterocycles. The Kier molecular flexibility index (Phi) is 3.28. The molecule has 1 amide bonds. The first-order chi connectivity index (χ1) is 9.74. The number of hydrogen-bond acceptors (Lipinski definition) is 4. The molecule has 1 aliphatic rings. The van der Waals surface area contributed by atoms with Gasteiger partial charge in [0.2, 0.25) is 0 Å². The average molecular weight is 270 g/mol. The molecular formula is C14H14N4O2. The van der Waals surface area contributed by atoms with Crippen LogP contribution in [0.25, 0.3) is 0 Å². The van der Waals surface area contributed by atoms with Gasteiger partial charge in [-0.05, 0) is 36.6 Å². The van der Waals surface area contributed by atoms with Crippen molar-refractivity contribution in [3.05, 3.63) is 58.3 Å². The van der Waals surface area contributed by atoms with Crippen LogP contribution < -0.4 is 5.56 Å². The highest BCUT2D eigenvalue weighted by molar-refractivity contribution is 5.92. The molecule has 6 heteroatoms. The zero-order valence-corrected chi connectivity index (χ0v) is 10.8. The SMILES string of the molecule is O=C(c1ccc(=O)[nH]n1)N(Cc1ccncc1)C1CC1. The number of nitrogens with zero attached hydrogens (tertiary/aromatic N) is 3. The number of hydrogen-bond donors (Lipinski definition) is 1. The number of aromatic nitrogens is 3. The highest BCUT2D eigenvalue weighted by Crippen LogP contribution is 2.29. The number of nitrogens with one attached hydrogen (secondary N) is 1. The first-order valence-electron chi connectivity index (χ1n) is 6.49. The summed E-state index contributed by atoms with van der Waals surface area (Å²) in [5.41, 5.74) is 0.990. The van der Waals surface area contributed by atoms with Gasteiger partial charge in [0.25, 0.3) is 11.5 Å². The summed E-state index contributed by atoms with van der Waals surface area (Å²) in [7, 11) is 0. The lowest BCUT2D eigenvalue weighted by molar-refractivity contribution is 0.0722. The van der Waals surface area contributed by atoms with Crippen molar-refractivity contribution in [1.82, 2.24) is 20.1 Å². The van der Waals surface area contributed by atoms with Crippen LogP contribution in [0, 0.1) is 0 Å². The van der Waals surface area contributed by atoms with Crippen LogP contribution in [-0.2, 0) is 6.54 Å². The summed E-state index contributed by atoms with van der Waals surface area (Å²) in [4.78, 5) is 29.2. The molecule has 20 heavy (non-hydrogen) atoms. The Morgan fingerprint density at radius 2 is 2.00 bits per heavy atom. The molecule has 2 aromatic rings. The van der Waals surface area contributed by atoms with E-state index in [1.807, 2.05) is 12.1 Å². The first kappa shape index (κ1) is 12.5. The van der Waals surface area contributed by atoms with Crippen molar-refractivity contribution in [3.8, 4) is 0 Å². The van der Waals surface area contributed by atoms with Gasteiger partial charge < -0.3 is 4.90 Å². The molecule has 1 N–H and O–H groups in total. The van der Waals surface area contributed by atoms with Gasteiger partial charge in [-0.1, -0.05) is 0 Å². The molecule has 2 heterocycles. The minimum atomic E-state index is -0.311. The van der Waals surface area contributed by atoms with Gasteiger partial charge in [-0.2, -0.15) is 5.10 Å². The van der Waals surface area contributed by atoms with E-state index >= 15 is 0 Å². The largest absolute Gasteiger partial charge is 0.330 e. The van der Waals surface area contributed by atoms with E-state index in [0.717, 1.165) is 18.4 Å². The Labute approximate surface area is 115 Å². The molecule has 6 nitrogen and oxygen atoms in total. The van der Waals surface area contributed by atoms with Crippen molar-refractivity contribution < 1.29 is 4.79 Å². The van der Waals surface area contributed by atoms with E-state index in [0.29, 0.717) is 6.54 Å². The molecule has 0 atom stereocenters. The average Bonchev–Trinajstić information content (AvgIpc) is 3.30. The lowest BCUT2D eigenvalue weighted by Gasteiger charge is -2.21. The van der Waals surface area contributed by atoms with Crippen molar-refractivity contribution in [1.29, 1.82) is 0 Å². The van der Waals surface area contributed by atoms with Crippen molar-refractivity contribution >= 4 is 5.91 Å². The van der Waals surface area contributed by atoms with Gasteiger partial charge in [0.05, 0.1) is 0 Å². The molecule has 1 aliphatic carbocycles. The highest BCUT2D eigenvalue weighted by Gasteiger charge is 2.33. The van der Waals surface area contributed by atoms with E-state index < -0.39 is 0 Å². The smallest absolute Gasteiger partial charge is 0.274 e. The summed E-state index contributed by atoms with van der Waals surface area (Å²) in [6, 6.07) is 6.83. The zero-order valence-electron chi connectivity index (χ0n) is 10.8. The second-order valence-electron chi connectivity index (χ2n) is 4.83. The Hall–Kier alpha value is -2.50. The Balaban J connectivity index is 1.82. The predicted molar refractivity (Wildman–Crippen MR) is 72.0 cm³/mol. The van der Waals surface area contributed by atoms with Crippen molar-refractivity contribution in [2.24, 2.45) is 0 Å². The van der Waals surface area contributed by atoms with Gasteiger partial charge in [-0.15, -0.1) is 0 Å². The number of H-pyrrole nitrogens is 1. The minimum absolute atomic E-state index is 0.152. The monoisotopic (exact) mass is 270 g/mol. The molecule has 0 saturated heterocycles. The second kappa shape index (κ2) is 5.24. The van der Waals surface area contributed by atoms with Crippen molar-refractivity contribution in [2.75, 3.05) is 0 Å². The fourth-order valence-electron chi connectivity index (χ4n) is 2.05. The maximum Gasteiger partial charge on any atom is 0.274 e. The van der Waals surface area contributed by atoms with E-state index in [-0.39, 0.29) is 23.2 Å². The van der Waals surface area contributed by atoms with E-state index in [2.05, 4.69) is 15.2 Å². The Bertz CT molecular complexity index is 644. The van der Waals surface area contributed by atoms with Gasteiger partial charge in [-0.25, -0.2) is 5.10 Å². The standard InChI is InChI=1S/C14H14N4O2/c19-13-4-3-12(16-17-13)14(20)18(11-1-2-11)9-10-5-7-15-8-6-10/h3-8,11H,1-2,9H2,(H,17,19).